The van der Waals surface area contributed by atoms with Crippen LogP contribution in [0.3, 0.4) is 0 Å². The predicted octanol–water partition coefficient (Wildman–Crippen LogP) is 0.465. The van der Waals surface area contributed by atoms with Crippen LogP contribution >= 0.6 is 0 Å². The molecule has 2 rings (SSSR count). The number of amides is 1. The molecule has 0 aliphatic carbocycles. The Morgan fingerprint density at radius 3 is 2.55 bits per heavy atom. The van der Waals surface area contributed by atoms with E-state index in [1.54, 1.807) is 0 Å². The van der Waals surface area contributed by atoms with Crippen LogP contribution in [-0.2, 0) is 14.1 Å². The van der Waals surface area contributed by atoms with Crippen molar-refractivity contribution in [3.8, 4) is 0 Å². The van der Waals surface area contributed by atoms with E-state index in [1.807, 2.05) is 0 Å². The average molecular weight is 311 g/mol. The van der Waals surface area contributed by atoms with E-state index in [0.717, 1.165) is 16.7 Å². The number of rotatable bonds is 4. The minimum Gasteiger partial charge on any atom is -0.394 e. The largest absolute Gasteiger partial charge is 0.394 e. The van der Waals surface area contributed by atoms with E-state index < -0.39 is 35.9 Å². The number of hydrogen-bond acceptors (Lipinski definition) is 3. The molecule has 0 aliphatic rings. The lowest BCUT2D eigenvalue weighted by Gasteiger charge is -2.17. The van der Waals surface area contributed by atoms with Crippen LogP contribution in [0.15, 0.2) is 29.2 Å². The summed E-state index contributed by atoms with van der Waals surface area (Å²) >= 11 is 0. The molecule has 22 heavy (non-hydrogen) atoms. The van der Waals surface area contributed by atoms with Gasteiger partial charge in [0.05, 0.1) is 12.6 Å². The van der Waals surface area contributed by atoms with E-state index in [9.17, 15) is 23.5 Å². The van der Waals surface area contributed by atoms with Crippen LogP contribution in [-0.4, -0.2) is 26.8 Å². The number of imidazole rings is 1. The molecule has 1 unspecified atom stereocenters. The van der Waals surface area contributed by atoms with E-state index >= 15 is 0 Å². The average Bonchev–Trinajstić information content (AvgIpc) is 2.73. The SMILES string of the molecule is Cn1cc(C(=O)NC(CO)c2ccc(F)cc2F)n(C)c1=O. The molecule has 118 valence electrons. The number of aliphatic hydroxyl groups excluding tert-OH is 1. The van der Waals surface area contributed by atoms with Crippen LogP contribution < -0.4 is 11.0 Å². The van der Waals surface area contributed by atoms with Crippen molar-refractivity contribution in [2.24, 2.45) is 14.1 Å². The first-order chi connectivity index (χ1) is 10.3. The molecule has 1 aromatic heterocycles. The van der Waals surface area contributed by atoms with Gasteiger partial charge < -0.3 is 15.0 Å². The maximum atomic E-state index is 13.7. The Bertz CT molecular complexity index is 767. The maximum Gasteiger partial charge on any atom is 0.328 e. The Labute approximate surface area is 124 Å². The molecule has 0 aliphatic heterocycles. The Kier molecular flexibility index (Phi) is 4.41. The van der Waals surface area contributed by atoms with Crippen molar-refractivity contribution in [1.29, 1.82) is 0 Å². The molecule has 2 aromatic rings. The summed E-state index contributed by atoms with van der Waals surface area (Å²) in [5, 5.41) is 11.8. The fraction of sp³-hybridized carbons (Fsp3) is 0.286. The van der Waals surface area contributed by atoms with Crippen LogP contribution in [0.25, 0.3) is 0 Å². The van der Waals surface area contributed by atoms with Gasteiger partial charge in [-0.1, -0.05) is 6.07 Å². The second kappa shape index (κ2) is 6.10. The Hall–Kier alpha value is -2.48. The molecule has 1 heterocycles. The second-order valence-corrected chi connectivity index (χ2v) is 4.84. The van der Waals surface area contributed by atoms with E-state index in [-0.39, 0.29) is 11.3 Å². The zero-order chi connectivity index (χ0) is 16.4. The topological polar surface area (TPSA) is 76.3 Å². The first-order valence-electron chi connectivity index (χ1n) is 6.44. The number of nitrogens with zero attached hydrogens (tertiary/aromatic N) is 2. The summed E-state index contributed by atoms with van der Waals surface area (Å²) in [7, 11) is 2.91. The Morgan fingerprint density at radius 1 is 1.36 bits per heavy atom. The highest BCUT2D eigenvalue weighted by atomic mass is 19.1. The molecular formula is C14H15F2N3O3. The molecular weight excluding hydrogens is 296 g/mol. The highest BCUT2D eigenvalue weighted by Crippen LogP contribution is 2.18. The summed E-state index contributed by atoms with van der Waals surface area (Å²) in [5.41, 5.74) is -0.370. The van der Waals surface area contributed by atoms with Gasteiger partial charge in [-0.05, 0) is 6.07 Å². The molecule has 6 nitrogen and oxygen atoms in total. The fourth-order valence-corrected chi connectivity index (χ4v) is 2.11. The number of carbonyl (C=O) groups is 1. The van der Waals surface area contributed by atoms with Crippen LogP contribution in [0.1, 0.15) is 22.1 Å². The molecule has 0 saturated heterocycles. The minimum atomic E-state index is -1.05. The van der Waals surface area contributed by atoms with Gasteiger partial charge >= 0.3 is 5.69 Å². The predicted molar refractivity (Wildman–Crippen MR) is 74.3 cm³/mol. The number of aryl methyl sites for hydroxylation is 1. The van der Waals surface area contributed by atoms with Gasteiger partial charge in [0.15, 0.2) is 0 Å². The summed E-state index contributed by atoms with van der Waals surface area (Å²) in [5.74, 6) is -2.28. The smallest absolute Gasteiger partial charge is 0.328 e. The lowest BCUT2D eigenvalue weighted by molar-refractivity contribution is 0.0906. The molecule has 1 aromatic carbocycles. The van der Waals surface area contributed by atoms with Gasteiger partial charge in [-0.25, -0.2) is 13.6 Å². The second-order valence-electron chi connectivity index (χ2n) is 4.84. The van der Waals surface area contributed by atoms with Crippen LogP contribution in [0.4, 0.5) is 8.78 Å². The van der Waals surface area contributed by atoms with Gasteiger partial charge in [0.25, 0.3) is 5.91 Å². The van der Waals surface area contributed by atoms with E-state index in [2.05, 4.69) is 5.32 Å². The lowest BCUT2D eigenvalue weighted by Crippen LogP contribution is -2.33. The Morgan fingerprint density at radius 2 is 2.05 bits per heavy atom. The highest BCUT2D eigenvalue weighted by Gasteiger charge is 2.21. The third-order valence-corrected chi connectivity index (χ3v) is 3.32. The van der Waals surface area contributed by atoms with Crippen molar-refractivity contribution >= 4 is 5.91 Å². The molecule has 0 bridgehead atoms. The van der Waals surface area contributed by atoms with Gasteiger partial charge in [0, 0.05) is 31.9 Å². The zero-order valence-corrected chi connectivity index (χ0v) is 12.0. The molecule has 2 N–H and O–H groups in total. The standard InChI is InChI=1S/C14H15F2N3O3/c1-18-6-12(19(2)14(18)22)13(21)17-11(7-20)9-4-3-8(15)5-10(9)16/h3-6,11,20H,7H2,1-2H3,(H,17,21). The zero-order valence-electron chi connectivity index (χ0n) is 12.0. The highest BCUT2D eigenvalue weighted by molar-refractivity contribution is 5.92. The van der Waals surface area contributed by atoms with Crippen molar-refractivity contribution in [2.75, 3.05) is 6.61 Å². The minimum absolute atomic E-state index is 0.0434. The normalized spacial score (nSPS) is 12.2. The Balaban J connectivity index is 2.28. The number of aromatic nitrogens is 2. The quantitative estimate of drug-likeness (QED) is 0.861. The number of carbonyl (C=O) groups excluding carboxylic acids is 1. The van der Waals surface area contributed by atoms with E-state index in [4.69, 9.17) is 0 Å². The van der Waals surface area contributed by atoms with E-state index in [1.165, 1.54) is 24.9 Å². The summed E-state index contributed by atoms with van der Waals surface area (Å²) in [6, 6.07) is 1.80. The summed E-state index contributed by atoms with van der Waals surface area (Å²) in [6.07, 6.45) is 1.33. The van der Waals surface area contributed by atoms with Gasteiger partial charge in [0.2, 0.25) is 0 Å². The molecule has 0 spiro atoms. The number of halogens is 2. The lowest BCUT2D eigenvalue weighted by atomic mass is 10.1. The monoisotopic (exact) mass is 311 g/mol. The molecule has 0 fully saturated rings. The van der Waals surface area contributed by atoms with Gasteiger partial charge in [-0.2, -0.15) is 0 Å². The first-order valence-corrected chi connectivity index (χ1v) is 6.44. The van der Waals surface area contributed by atoms with Crippen LogP contribution in [0.5, 0.6) is 0 Å². The third-order valence-electron chi connectivity index (χ3n) is 3.32. The number of hydrogen-bond donors (Lipinski definition) is 2. The van der Waals surface area contributed by atoms with Crippen molar-refractivity contribution in [1.82, 2.24) is 14.5 Å². The summed E-state index contributed by atoms with van der Waals surface area (Å²) < 4.78 is 29.0. The molecule has 0 radical (unpaired) electrons. The molecule has 1 amide bonds. The summed E-state index contributed by atoms with van der Waals surface area (Å²) in [6.45, 7) is -0.574. The van der Waals surface area contributed by atoms with Gasteiger partial charge in [-0.3, -0.25) is 9.36 Å². The van der Waals surface area contributed by atoms with E-state index in [0.29, 0.717) is 6.07 Å². The van der Waals surface area contributed by atoms with Crippen molar-refractivity contribution in [2.45, 2.75) is 6.04 Å². The summed E-state index contributed by atoms with van der Waals surface area (Å²) in [4.78, 5) is 23.8. The maximum absolute atomic E-state index is 13.7. The molecule has 8 heteroatoms. The van der Waals surface area contributed by atoms with Crippen LogP contribution in [0.2, 0.25) is 0 Å². The molecule has 1 atom stereocenters. The van der Waals surface area contributed by atoms with Crippen molar-refractivity contribution < 1.29 is 18.7 Å². The van der Waals surface area contributed by atoms with Crippen molar-refractivity contribution in [3.05, 3.63) is 57.8 Å². The van der Waals surface area contributed by atoms with Gasteiger partial charge in [0.1, 0.15) is 17.3 Å². The number of benzene rings is 1. The van der Waals surface area contributed by atoms with Crippen LogP contribution in [0, 0.1) is 11.6 Å². The number of aliphatic hydroxyl groups is 1. The number of nitrogens with one attached hydrogen (secondary N) is 1. The first kappa shape index (κ1) is 15.9. The molecule has 0 saturated carbocycles. The van der Waals surface area contributed by atoms with Gasteiger partial charge in [-0.15, -0.1) is 0 Å². The fourth-order valence-electron chi connectivity index (χ4n) is 2.11. The third kappa shape index (κ3) is 2.91. The van der Waals surface area contributed by atoms with Crippen molar-refractivity contribution in [3.63, 3.8) is 0 Å².